The van der Waals surface area contributed by atoms with Gasteiger partial charge < -0.3 is 19.6 Å². The number of hydrogen-bond donors (Lipinski definition) is 1. The standard InChI is InChI=1S/C16H21N3O3/c1-2-3-5-18-6-8-19(9-7-18)16(21)14-15(20)12-4-10-22-13(12)11-17-14/h3,5,11,20H,2,4,6-10H2,1H3/b5-3-. The van der Waals surface area contributed by atoms with Crippen LogP contribution < -0.4 is 4.74 Å². The van der Waals surface area contributed by atoms with E-state index in [4.69, 9.17) is 4.74 Å². The van der Waals surface area contributed by atoms with Crippen molar-refractivity contribution >= 4 is 5.91 Å². The molecule has 2 aliphatic heterocycles. The lowest BCUT2D eigenvalue weighted by molar-refractivity contribution is 0.0669. The van der Waals surface area contributed by atoms with Crippen LogP contribution in [-0.4, -0.2) is 58.6 Å². The van der Waals surface area contributed by atoms with Crippen LogP contribution in [0.2, 0.25) is 0 Å². The van der Waals surface area contributed by atoms with Gasteiger partial charge in [-0.2, -0.15) is 0 Å². The Labute approximate surface area is 130 Å². The highest BCUT2D eigenvalue weighted by Crippen LogP contribution is 2.34. The Morgan fingerprint density at radius 3 is 2.91 bits per heavy atom. The van der Waals surface area contributed by atoms with Gasteiger partial charge in [0.1, 0.15) is 5.75 Å². The molecule has 0 radical (unpaired) electrons. The van der Waals surface area contributed by atoms with Gasteiger partial charge in [0.25, 0.3) is 5.91 Å². The third-order valence-corrected chi connectivity index (χ3v) is 4.08. The summed E-state index contributed by atoms with van der Waals surface area (Å²) in [4.78, 5) is 20.6. The number of piperazine rings is 1. The van der Waals surface area contributed by atoms with Crippen LogP contribution in [0.5, 0.6) is 11.5 Å². The second kappa shape index (κ2) is 6.25. The molecule has 0 saturated carbocycles. The number of ether oxygens (including phenoxy) is 1. The molecule has 1 amide bonds. The zero-order chi connectivity index (χ0) is 15.5. The number of rotatable bonds is 3. The number of hydrogen-bond acceptors (Lipinski definition) is 5. The summed E-state index contributed by atoms with van der Waals surface area (Å²) in [6.45, 7) is 5.52. The first-order chi connectivity index (χ1) is 10.7. The van der Waals surface area contributed by atoms with Crippen molar-refractivity contribution in [1.82, 2.24) is 14.8 Å². The monoisotopic (exact) mass is 303 g/mol. The molecule has 1 aromatic rings. The number of fused-ring (bicyclic) bond motifs is 1. The lowest BCUT2D eigenvalue weighted by Crippen LogP contribution is -2.47. The molecule has 1 fully saturated rings. The average molecular weight is 303 g/mol. The van der Waals surface area contributed by atoms with Crippen LogP contribution in [0.4, 0.5) is 0 Å². The fourth-order valence-electron chi connectivity index (χ4n) is 2.79. The van der Waals surface area contributed by atoms with Crippen molar-refractivity contribution in [3.05, 3.63) is 29.7 Å². The second-order valence-electron chi connectivity index (χ2n) is 5.52. The van der Waals surface area contributed by atoms with Crippen molar-refractivity contribution < 1.29 is 14.6 Å². The number of aromatic nitrogens is 1. The molecule has 0 bridgehead atoms. The molecule has 3 heterocycles. The van der Waals surface area contributed by atoms with Crippen molar-refractivity contribution in [2.45, 2.75) is 19.8 Å². The zero-order valence-electron chi connectivity index (χ0n) is 12.8. The highest BCUT2D eigenvalue weighted by atomic mass is 16.5. The second-order valence-corrected chi connectivity index (χ2v) is 5.52. The lowest BCUT2D eigenvalue weighted by Gasteiger charge is -2.34. The summed E-state index contributed by atoms with van der Waals surface area (Å²) < 4.78 is 5.35. The molecular formula is C16H21N3O3. The Morgan fingerprint density at radius 2 is 2.18 bits per heavy atom. The highest BCUT2D eigenvalue weighted by molar-refractivity contribution is 5.95. The maximum absolute atomic E-state index is 12.6. The Kier molecular flexibility index (Phi) is 4.18. The molecule has 0 aliphatic carbocycles. The summed E-state index contributed by atoms with van der Waals surface area (Å²) >= 11 is 0. The summed E-state index contributed by atoms with van der Waals surface area (Å²) in [6, 6.07) is 0. The smallest absolute Gasteiger partial charge is 0.276 e. The van der Waals surface area contributed by atoms with E-state index in [1.54, 1.807) is 4.90 Å². The zero-order valence-corrected chi connectivity index (χ0v) is 12.8. The molecule has 0 unspecified atom stereocenters. The number of pyridine rings is 1. The molecule has 0 aromatic carbocycles. The van der Waals surface area contributed by atoms with Gasteiger partial charge in [0.15, 0.2) is 11.4 Å². The van der Waals surface area contributed by atoms with Crippen LogP contribution in [-0.2, 0) is 6.42 Å². The van der Waals surface area contributed by atoms with Gasteiger partial charge in [-0.25, -0.2) is 4.98 Å². The van der Waals surface area contributed by atoms with Crippen molar-refractivity contribution in [1.29, 1.82) is 0 Å². The topological polar surface area (TPSA) is 65.9 Å². The van der Waals surface area contributed by atoms with Crippen LogP contribution in [0.15, 0.2) is 18.5 Å². The largest absolute Gasteiger partial charge is 0.505 e. The van der Waals surface area contributed by atoms with E-state index in [2.05, 4.69) is 29.1 Å². The molecule has 118 valence electrons. The normalized spacial score (nSPS) is 17.7. The van der Waals surface area contributed by atoms with Crippen LogP contribution in [0.3, 0.4) is 0 Å². The van der Waals surface area contributed by atoms with Gasteiger partial charge >= 0.3 is 0 Å². The molecular weight excluding hydrogens is 282 g/mol. The number of nitrogens with zero attached hydrogens (tertiary/aromatic N) is 3. The summed E-state index contributed by atoms with van der Waals surface area (Å²) in [6.07, 6.45) is 7.37. The minimum Gasteiger partial charge on any atom is -0.505 e. The predicted octanol–water partition coefficient (Wildman–Crippen LogP) is 1.40. The summed E-state index contributed by atoms with van der Waals surface area (Å²) in [7, 11) is 0. The number of amides is 1. The molecule has 2 aliphatic rings. The van der Waals surface area contributed by atoms with E-state index in [9.17, 15) is 9.90 Å². The number of carbonyl (C=O) groups excluding carboxylic acids is 1. The number of carbonyl (C=O) groups is 1. The van der Waals surface area contributed by atoms with Crippen molar-refractivity contribution in [2.24, 2.45) is 0 Å². The SMILES string of the molecule is CC/C=C\N1CCN(C(=O)c2ncc3c(c2O)CCO3)CC1. The van der Waals surface area contributed by atoms with Gasteiger partial charge in [-0.1, -0.05) is 13.0 Å². The Bertz CT molecular complexity index is 593. The third-order valence-electron chi connectivity index (χ3n) is 4.08. The van der Waals surface area contributed by atoms with Gasteiger partial charge in [-0.3, -0.25) is 4.79 Å². The number of allylic oxidation sites excluding steroid dienone is 1. The van der Waals surface area contributed by atoms with Crippen LogP contribution in [0.25, 0.3) is 0 Å². The van der Waals surface area contributed by atoms with Gasteiger partial charge in [-0.05, 0) is 12.6 Å². The van der Waals surface area contributed by atoms with Gasteiger partial charge in [-0.15, -0.1) is 0 Å². The fourth-order valence-corrected chi connectivity index (χ4v) is 2.79. The molecule has 1 saturated heterocycles. The van der Waals surface area contributed by atoms with Crippen LogP contribution in [0.1, 0.15) is 29.4 Å². The maximum Gasteiger partial charge on any atom is 0.276 e. The van der Waals surface area contributed by atoms with Crippen molar-refractivity contribution in [2.75, 3.05) is 32.8 Å². The number of aromatic hydroxyl groups is 1. The van der Waals surface area contributed by atoms with Gasteiger partial charge in [0, 0.05) is 38.2 Å². The average Bonchev–Trinajstić information content (AvgIpc) is 3.03. The van der Waals surface area contributed by atoms with E-state index >= 15 is 0 Å². The minimum absolute atomic E-state index is 0.0201. The highest BCUT2D eigenvalue weighted by Gasteiger charge is 2.28. The predicted molar refractivity (Wildman–Crippen MR) is 82.0 cm³/mol. The summed E-state index contributed by atoms with van der Waals surface area (Å²) in [5.41, 5.74) is 0.838. The first-order valence-electron chi connectivity index (χ1n) is 7.74. The van der Waals surface area contributed by atoms with E-state index < -0.39 is 0 Å². The summed E-state index contributed by atoms with van der Waals surface area (Å²) in [5.74, 6) is 0.364. The first kappa shape index (κ1) is 14.7. The van der Waals surface area contributed by atoms with Gasteiger partial charge in [0.05, 0.1) is 12.8 Å². The Morgan fingerprint density at radius 1 is 1.41 bits per heavy atom. The van der Waals surface area contributed by atoms with E-state index in [0.717, 1.165) is 19.5 Å². The summed E-state index contributed by atoms with van der Waals surface area (Å²) in [5, 5.41) is 10.3. The molecule has 6 nitrogen and oxygen atoms in total. The van der Waals surface area contributed by atoms with Gasteiger partial charge in [0.2, 0.25) is 0 Å². The Hall–Kier alpha value is -2.24. The molecule has 6 heteroatoms. The van der Waals surface area contributed by atoms with Crippen molar-refractivity contribution in [3.8, 4) is 11.5 Å². The van der Waals surface area contributed by atoms with Crippen LogP contribution in [0, 0.1) is 0 Å². The van der Waals surface area contributed by atoms with E-state index in [0.29, 0.717) is 37.4 Å². The molecule has 3 rings (SSSR count). The molecule has 1 N–H and O–H groups in total. The molecule has 0 atom stereocenters. The van der Waals surface area contributed by atoms with Crippen LogP contribution >= 0.6 is 0 Å². The quantitative estimate of drug-likeness (QED) is 0.914. The lowest BCUT2D eigenvalue weighted by atomic mass is 10.1. The molecule has 1 aromatic heterocycles. The van der Waals surface area contributed by atoms with E-state index in [1.807, 2.05) is 0 Å². The minimum atomic E-state index is -0.202. The Balaban J connectivity index is 1.69. The van der Waals surface area contributed by atoms with E-state index in [-0.39, 0.29) is 17.4 Å². The third kappa shape index (κ3) is 2.73. The van der Waals surface area contributed by atoms with E-state index in [1.165, 1.54) is 6.20 Å². The molecule has 22 heavy (non-hydrogen) atoms. The fraction of sp³-hybridized carbons (Fsp3) is 0.500. The molecule has 0 spiro atoms. The van der Waals surface area contributed by atoms with Crippen molar-refractivity contribution in [3.63, 3.8) is 0 Å². The maximum atomic E-state index is 12.6. The first-order valence-corrected chi connectivity index (χ1v) is 7.74.